The van der Waals surface area contributed by atoms with Crippen molar-refractivity contribution in [1.82, 2.24) is 9.80 Å². The Bertz CT molecular complexity index is 168. The third-order valence-electron chi connectivity index (χ3n) is 2.76. The molecule has 0 spiro atoms. The van der Waals surface area contributed by atoms with Crippen LogP contribution in [-0.4, -0.2) is 67.2 Å². The molecule has 1 N–H and O–H groups in total. The first kappa shape index (κ1) is 12.2. The maximum absolute atomic E-state index is 9.37. The molecule has 0 aromatic heterocycles. The number of nitrogens with zero attached hydrogens (tertiary/aromatic N) is 2. The maximum atomic E-state index is 9.37. The standard InChI is InChI=1S/C10H21ClN2O/c1-12-4-3-9(6-12)7-13(2)8-10(14)5-11/h9-10,14H,3-8H2,1-2H3. The van der Waals surface area contributed by atoms with Gasteiger partial charge < -0.3 is 14.9 Å². The Morgan fingerprint density at radius 2 is 2.36 bits per heavy atom. The second kappa shape index (κ2) is 5.91. The lowest BCUT2D eigenvalue weighted by Crippen LogP contribution is -2.34. The molecule has 1 rings (SSSR count). The molecule has 1 aliphatic rings. The Kier molecular flexibility index (Phi) is 5.17. The molecule has 84 valence electrons. The van der Waals surface area contributed by atoms with Crippen LogP contribution >= 0.6 is 11.6 Å². The van der Waals surface area contributed by atoms with Crippen LogP contribution in [0.1, 0.15) is 6.42 Å². The topological polar surface area (TPSA) is 26.7 Å². The van der Waals surface area contributed by atoms with Crippen LogP contribution in [0.3, 0.4) is 0 Å². The summed E-state index contributed by atoms with van der Waals surface area (Å²) >= 11 is 5.55. The van der Waals surface area contributed by atoms with Gasteiger partial charge in [-0.1, -0.05) is 0 Å². The van der Waals surface area contributed by atoms with E-state index in [4.69, 9.17) is 11.6 Å². The van der Waals surface area contributed by atoms with Crippen molar-refractivity contribution >= 4 is 11.6 Å². The number of likely N-dealkylation sites (N-methyl/N-ethyl adjacent to an activating group) is 1. The fraction of sp³-hybridized carbons (Fsp3) is 1.00. The smallest absolute Gasteiger partial charge is 0.0802 e. The zero-order valence-electron chi connectivity index (χ0n) is 9.12. The van der Waals surface area contributed by atoms with Crippen molar-refractivity contribution in [3.8, 4) is 0 Å². The molecule has 1 fully saturated rings. The molecule has 3 nitrogen and oxygen atoms in total. The summed E-state index contributed by atoms with van der Waals surface area (Å²) in [5, 5.41) is 9.37. The average Bonchev–Trinajstić information content (AvgIpc) is 2.50. The van der Waals surface area contributed by atoms with Gasteiger partial charge in [-0.3, -0.25) is 0 Å². The Balaban J connectivity index is 2.16. The van der Waals surface area contributed by atoms with E-state index < -0.39 is 0 Å². The monoisotopic (exact) mass is 220 g/mol. The quantitative estimate of drug-likeness (QED) is 0.683. The molecule has 0 radical (unpaired) electrons. The van der Waals surface area contributed by atoms with Crippen molar-refractivity contribution in [2.75, 3.05) is 46.2 Å². The molecule has 1 saturated heterocycles. The van der Waals surface area contributed by atoms with E-state index in [1.54, 1.807) is 0 Å². The second-order valence-corrected chi connectivity index (χ2v) is 4.75. The van der Waals surface area contributed by atoms with Gasteiger partial charge in [0.15, 0.2) is 0 Å². The van der Waals surface area contributed by atoms with Gasteiger partial charge in [-0.25, -0.2) is 0 Å². The number of hydrogen-bond acceptors (Lipinski definition) is 3. The van der Waals surface area contributed by atoms with E-state index in [-0.39, 0.29) is 6.10 Å². The highest BCUT2D eigenvalue weighted by Crippen LogP contribution is 2.15. The van der Waals surface area contributed by atoms with Gasteiger partial charge in [-0.2, -0.15) is 0 Å². The van der Waals surface area contributed by atoms with Crippen LogP contribution in [0.2, 0.25) is 0 Å². The van der Waals surface area contributed by atoms with Gasteiger partial charge in [0.2, 0.25) is 0 Å². The molecule has 4 heteroatoms. The van der Waals surface area contributed by atoms with Gasteiger partial charge in [-0.05, 0) is 33.0 Å². The first-order valence-corrected chi connectivity index (χ1v) is 5.76. The highest BCUT2D eigenvalue weighted by molar-refractivity contribution is 6.18. The SMILES string of the molecule is CN1CCC(CN(C)CC(O)CCl)C1. The molecule has 0 amide bonds. The van der Waals surface area contributed by atoms with Crippen LogP contribution in [0.5, 0.6) is 0 Å². The predicted molar refractivity (Wildman–Crippen MR) is 59.8 cm³/mol. The van der Waals surface area contributed by atoms with Gasteiger partial charge >= 0.3 is 0 Å². The van der Waals surface area contributed by atoms with Gasteiger partial charge in [0.25, 0.3) is 0 Å². The lowest BCUT2D eigenvalue weighted by molar-refractivity contribution is 0.135. The average molecular weight is 221 g/mol. The fourth-order valence-electron chi connectivity index (χ4n) is 2.10. The molecule has 0 aliphatic carbocycles. The van der Waals surface area contributed by atoms with E-state index in [1.807, 2.05) is 7.05 Å². The summed E-state index contributed by atoms with van der Waals surface area (Å²) in [6.45, 7) is 4.14. The van der Waals surface area contributed by atoms with Gasteiger partial charge in [0.1, 0.15) is 0 Å². The number of hydrogen-bond donors (Lipinski definition) is 1. The van der Waals surface area contributed by atoms with Crippen LogP contribution < -0.4 is 0 Å². The lowest BCUT2D eigenvalue weighted by atomic mass is 10.1. The summed E-state index contributed by atoms with van der Waals surface area (Å²) in [6, 6.07) is 0. The Morgan fingerprint density at radius 3 is 2.86 bits per heavy atom. The molecule has 1 heterocycles. The van der Waals surface area contributed by atoms with Crippen LogP contribution in [0, 0.1) is 5.92 Å². The van der Waals surface area contributed by atoms with Crippen LogP contribution in [0.15, 0.2) is 0 Å². The Labute approximate surface area is 91.6 Å². The Morgan fingerprint density at radius 1 is 1.64 bits per heavy atom. The number of rotatable bonds is 5. The molecular formula is C10H21ClN2O. The molecule has 0 saturated carbocycles. The van der Waals surface area contributed by atoms with Crippen molar-refractivity contribution in [3.63, 3.8) is 0 Å². The van der Waals surface area contributed by atoms with Gasteiger partial charge in [0.05, 0.1) is 6.10 Å². The molecule has 14 heavy (non-hydrogen) atoms. The van der Waals surface area contributed by atoms with E-state index >= 15 is 0 Å². The third-order valence-corrected chi connectivity index (χ3v) is 3.12. The van der Waals surface area contributed by atoms with Crippen molar-refractivity contribution in [2.45, 2.75) is 12.5 Å². The zero-order chi connectivity index (χ0) is 10.6. The summed E-state index contributed by atoms with van der Waals surface area (Å²) in [5.41, 5.74) is 0. The van der Waals surface area contributed by atoms with E-state index in [0.29, 0.717) is 12.4 Å². The first-order chi connectivity index (χ1) is 6.61. The number of halogens is 1. The van der Waals surface area contributed by atoms with E-state index in [9.17, 15) is 5.11 Å². The second-order valence-electron chi connectivity index (χ2n) is 4.45. The van der Waals surface area contributed by atoms with Gasteiger partial charge in [0, 0.05) is 25.5 Å². The molecule has 2 unspecified atom stereocenters. The summed E-state index contributed by atoms with van der Waals surface area (Å²) in [6.07, 6.45) is 0.887. The minimum absolute atomic E-state index is 0.328. The van der Waals surface area contributed by atoms with E-state index in [0.717, 1.165) is 12.5 Å². The van der Waals surface area contributed by atoms with Crippen molar-refractivity contribution in [2.24, 2.45) is 5.92 Å². The molecular weight excluding hydrogens is 200 g/mol. The van der Waals surface area contributed by atoms with Crippen molar-refractivity contribution in [1.29, 1.82) is 0 Å². The minimum atomic E-state index is -0.388. The molecule has 0 aromatic rings. The molecule has 2 atom stereocenters. The highest BCUT2D eigenvalue weighted by atomic mass is 35.5. The fourth-order valence-corrected chi connectivity index (χ4v) is 2.20. The maximum Gasteiger partial charge on any atom is 0.0802 e. The summed E-state index contributed by atoms with van der Waals surface area (Å²) in [5.74, 6) is 1.09. The summed E-state index contributed by atoms with van der Waals surface area (Å²) in [7, 11) is 4.21. The summed E-state index contributed by atoms with van der Waals surface area (Å²) in [4.78, 5) is 4.54. The Hall–Kier alpha value is 0.170. The zero-order valence-corrected chi connectivity index (χ0v) is 9.87. The molecule has 1 aliphatic heterocycles. The van der Waals surface area contributed by atoms with E-state index in [1.165, 1.54) is 19.5 Å². The van der Waals surface area contributed by atoms with Crippen molar-refractivity contribution < 1.29 is 5.11 Å². The highest BCUT2D eigenvalue weighted by Gasteiger charge is 2.21. The van der Waals surface area contributed by atoms with Gasteiger partial charge in [-0.15, -0.1) is 11.6 Å². The van der Waals surface area contributed by atoms with Crippen LogP contribution in [-0.2, 0) is 0 Å². The number of alkyl halides is 1. The van der Waals surface area contributed by atoms with Crippen molar-refractivity contribution in [3.05, 3.63) is 0 Å². The predicted octanol–water partition coefficient (Wildman–Crippen LogP) is 0.470. The minimum Gasteiger partial charge on any atom is -0.391 e. The molecule has 0 bridgehead atoms. The van der Waals surface area contributed by atoms with Crippen LogP contribution in [0.4, 0.5) is 0 Å². The summed E-state index contributed by atoms with van der Waals surface area (Å²) < 4.78 is 0. The number of aliphatic hydroxyl groups is 1. The normalized spacial score (nSPS) is 25.9. The largest absolute Gasteiger partial charge is 0.391 e. The molecule has 0 aromatic carbocycles. The third kappa shape index (κ3) is 4.13. The van der Waals surface area contributed by atoms with Crippen LogP contribution in [0.25, 0.3) is 0 Å². The first-order valence-electron chi connectivity index (χ1n) is 5.23. The number of likely N-dealkylation sites (tertiary alicyclic amines) is 1. The lowest BCUT2D eigenvalue weighted by Gasteiger charge is -2.22. The number of aliphatic hydroxyl groups excluding tert-OH is 1. The van der Waals surface area contributed by atoms with E-state index in [2.05, 4.69) is 16.8 Å².